The van der Waals surface area contributed by atoms with Crippen molar-refractivity contribution in [2.45, 2.75) is 46.5 Å². The van der Waals surface area contributed by atoms with E-state index in [9.17, 15) is 0 Å². The number of aryl methyl sites for hydroxylation is 1. The normalized spacial score (nSPS) is 20.6. The maximum absolute atomic E-state index is 5.90. The molecule has 2 nitrogen and oxygen atoms in total. The fraction of sp³-hybridized carbons (Fsp3) is 0.692. The fourth-order valence-corrected chi connectivity index (χ4v) is 2.62. The topological polar surface area (TPSA) is 25.8 Å². The summed E-state index contributed by atoms with van der Waals surface area (Å²) in [6, 6.07) is 1.99. The average molecular weight is 239 g/mol. The number of aromatic nitrogens is 2. The van der Waals surface area contributed by atoms with Crippen LogP contribution in [0, 0.1) is 11.3 Å². The van der Waals surface area contributed by atoms with Crippen molar-refractivity contribution in [3.05, 3.63) is 22.5 Å². The molecule has 0 aromatic carbocycles. The van der Waals surface area contributed by atoms with E-state index in [0.717, 1.165) is 24.5 Å². The molecule has 0 fully saturated rings. The van der Waals surface area contributed by atoms with Crippen molar-refractivity contribution in [2.75, 3.05) is 0 Å². The van der Waals surface area contributed by atoms with Crippen LogP contribution in [0.15, 0.2) is 6.07 Å². The van der Waals surface area contributed by atoms with Crippen LogP contribution in [-0.4, -0.2) is 10.2 Å². The maximum atomic E-state index is 5.90. The van der Waals surface area contributed by atoms with Crippen LogP contribution < -0.4 is 0 Å². The SMILES string of the molecule is CCC(C)(C)C1CCc2nnc(Cl)cc2C1. The number of rotatable bonds is 2. The third kappa shape index (κ3) is 2.22. The molecular formula is C13H19ClN2. The molecule has 1 atom stereocenters. The van der Waals surface area contributed by atoms with Gasteiger partial charge < -0.3 is 0 Å². The molecule has 1 aromatic heterocycles. The first-order valence-corrected chi connectivity index (χ1v) is 6.41. The minimum Gasteiger partial charge on any atom is -0.154 e. The molecular weight excluding hydrogens is 220 g/mol. The molecule has 0 saturated carbocycles. The predicted octanol–water partition coefficient (Wildman–Crippen LogP) is 3.67. The zero-order chi connectivity index (χ0) is 11.8. The van der Waals surface area contributed by atoms with E-state index in [-0.39, 0.29) is 0 Å². The van der Waals surface area contributed by atoms with E-state index in [0.29, 0.717) is 10.6 Å². The number of halogens is 1. The number of hydrogen-bond acceptors (Lipinski definition) is 2. The molecule has 0 saturated heterocycles. The van der Waals surface area contributed by atoms with Crippen LogP contribution in [0.5, 0.6) is 0 Å². The van der Waals surface area contributed by atoms with Crippen molar-refractivity contribution >= 4 is 11.6 Å². The van der Waals surface area contributed by atoms with Gasteiger partial charge in [0.15, 0.2) is 5.15 Å². The van der Waals surface area contributed by atoms with E-state index >= 15 is 0 Å². The summed E-state index contributed by atoms with van der Waals surface area (Å²) in [5.41, 5.74) is 2.86. The molecule has 0 amide bonds. The first kappa shape index (κ1) is 11.8. The second-order valence-electron chi connectivity index (χ2n) is 5.42. The lowest BCUT2D eigenvalue weighted by molar-refractivity contribution is 0.181. The minimum absolute atomic E-state index is 0.410. The largest absolute Gasteiger partial charge is 0.154 e. The van der Waals surface area contributed by atoms with Crippen LogP contribution in [0.1, 0.15) is 44.9 Å². The Balaban J connectivity index is 2.23. The molecule has 1 heterocycles. The van der Waals surface area contributed by atoms with Gasteiger partial charge in [-0.3, -0.25) is 0 Å². The number of hydrogen-bond donors (Lipinski definition) is 0. The molecule has 16 heavy (non-hydrogen) atoms. The minimum atomic E-state index is 0.410. The maximum Gasteiger partial charge on any atom is 0.152 e. The van der Waals surface area contributed by atoms with E-state index in [4.69, 9.17) is 11.6 Å². The molecule has 88 valence electrons. The highest BCUT2D eigenvalue weighted by atomic mass is 35.5. The highest BCUT2D eigenvalue weighted by Crippen LogP contribution is 2.39. The second-order valence-corrected chi connectivity index (χ2v) is 5.81. The zero-order valence-electron chi connectivity index (χ0n) is 10.3. The summed E-state index contributed by atoms with van der Waals surface area (Å²) in [5.74, 6) is 0.741. The van der Waals surface area contributed by atoms with Gasteiger partial charge in [0, 0.05) is 0 Å². The van der Waals surface area contributed by atoms with Gasteiger partial charge in [-0.05, 0) is 42.2 Å². The van der Waals surface area contributed by atoms with E-state index in [1.807, 2.05) is 6.07 Å². The van der Waals surface area contributed by atoms with Crippen LogP contribution in [0.3, 0.4) is 0 Å². The Morgan fingerprint density at radius 2 is 2.19 bits per heavy atom. The number of fused-ring (bicyclic) bond motifs is 1. The quantitative estimate of drug-likeness (QED) is 0.786. The zero-order valence-corrected chi connectivity index (χ0v) is 11.0. The Labute approximate surface area is 102 Å². The highest BCUT2D eigenvalue weighted by molar-refractivity contribution is 6.29. The lowest BCUT2D eigenvalue weighted by Crippen LogP contribution is -2.29. The molecule has 0 aliphatic heterocycles. The Morgan fingerprint density at radius 1 is 1.44 bits per heavy atom. The van der Waals surface area contributed by atoms with Gasteiger partial charge in [-0.2, -0.15) is 5.10 Å². The van der Waals surface area contributed by atoms with Gasteiger partial charge >= 0.3 is 0 Å². The molecule has 1 aliphatic rings. The summed E-state index contributed by atoms with van der Waals surface area (Å²) in [5, 5.41) is 8.62. The van der Waals surface area contributed by atoms with Crippen molar-refractivity contribution in [1.82, 2.24) is 10.2 Å². The van der Waals surface area contributed by atoms with E-state index in [1.54, 1.807) is 0 Å². The van der Waals surface area contributed by atoms with Crippen molar-refractivity contribution < 1.29 is 0 Å². The second kappa shape index (κ2) is 4.33. The molecule has 2 rings (SSSR count). The van der Waals surface area contributed by atoms with Gasteiger partial charge in [0.2, 0.25) is 0 Å². The van der Waals surface area contributed by atoms with Gasteiger partial charge in [-0.15, -0.1) is 5.10 Å². The van der Waals surface area contributed by atoms with Gasteiger partial charge in [0.05, 0.1) is 5.69 Å². The summed E-state index contributed by atoms with van der Waals surface area (Å²) in [7, 11) is 0. The number of nitrogens with zero attached hydrogens (tertiary/aromatic N) is 2. The van der Waals surface area contributed by atoms with Crippen LogP contribution >= 0.6 is 11.6 Å². The standard InChI is InChI=1S/C13H19ClN2/c1-4-13(2,3)10-5-6-11-9(7-10)8-12(14)16-15-11/h8,10H,4-7H2,1-3H3. The average Bonchev–Trinajstić information content (AvgIpc) is 2.28. The third-order valence-corrected chi connectivity index (χ3v) is 4.33. The summed E-state index contributed by atoms with van der Waals surface area (Å²) in [6.45, 7) is 6.99. The molecule has 0 bridgehead atoms. The van der Waals surface area contributed by atoms with Crippen molar-refractivity contribution in [3.8, 4) is 0 Å². The summed E-state index contributed by atoms with van der Waals surface area (Å²) >= 11 is 5.90. The van der Waals surface area contributed by atoms with Gasteiger partial charge in [-0.25, -0.2) is 0 Å². The molecule has 1 aromatic rings. The van der Waals surface area contributed by atoms with E-state index < -0.39 is 0 Å². The lowest BCUT2D eigenvalue weighted by atomic mass is 9.69. The van der Waals surface area contributed by atoms with E-state index in [1.165, 1.54) is 18.4 Å². The molecule has 1 unspecified atom stereocenters. The van der Waals surface area contributed by atoms with Crippen LogP contribution in [0.4, 0.5) is 0 Å². The summed E-state index contributed by atoms with van der Waals surface area (Å²) in [6.07, 6.45) is 4.60. The van der Waals surface area contributed by atoms with Gasteiger partial charge in [0.25, 0.3) is 0 Å². The molecule has 1 aliphatic carbocycles. The molecule has 0 N–H and O–H groups in total. The molecule has 0 spiro atoms. The molecule has 0 radical (unpaired) electrons. The Kier molecular flexibility index (Phi) is 3.20. The van der Waals surface area contributed by atoms with Crippen molar-refractivity contribution in [1.29, 1.82) is 0 Å². The highest BCUT2D eigenvalue weighted by Gasteiger charge is 2.31. The van der Waals surface area contributed by atoms with E-state index in [2.05, 4.69) is 31.0 Å². The third-order valence-electron chi connectivity index (χ3n) is 4.14. The monoisotopic (exact) mass is 238 g/mol. The van der Waals surface area contributed by atoms with Gasteiger partial charge in [-0.1, -0.05) is 38.8 Å². The van der Waals surface area contributed by atoms with Crippen LogP contribution in [-0.2, 0) is 12.8 Å². The molecule has 3 heteroatoms. The van der Waals surface area contributed by atoms with Crippen LogP contribution in [0.2, 0.25) is 5.15 Å². The van der Waals surface area contributed by atoms with Gasteiger partial charge in [0.1, 0.15) is 0 Å². The Bertz CT molecular complexity index is 388. The lowest BCUT2D eigenvalue weighted by Gasteiger charge is -2.36. The first-order valence-electron chi connectivity index (χ1n) is 6.04. The Morgan fingerprint density at radius 3 is 2.88 bits per heavy atom. The predicted molar refractivity (Wildman–Crippen MR) is 66.6 cm³/mol. The fourth-order valence-electron chi connectivity index (χ4n) is 2.45. The first-order chi connectivity index (χ1) is 7.53. The van der Waals surface area contributed by atoms with Crippen LogP contribution in [0.25, 0.3) is 0 Å². The smallest absolute Gasteiger partial charge is 0.152 e. The van der Waals surface area contributed by atoms with Crippen molar-refractivity contribution in [3.63, 3.8) is 0 Å². The summed E-state index contributed by atoms with van der Waals surface area (Å²) in [4.78, 5) is 0. The summed E-state index contributed by atoms with van der Waals surface area (Å²) < 4.78 is 0. The van der Waals surface area contributed by atoms with Crippen molar-refractivity contribution in [2.24, 2.45) is 11.3 Å². The Hall–Kier alpha value is -0.630.